The fourth-order valence-electron chi connectivity index (χ4n) is 2.75. The molecule has 0 aromatic heterocycles. The molecule has 2 aliphatic heterocycles. The molecule has 2 heterocycles. The largest absolute Gasteiger partial charge is 0.390 e. The van der Waals surface area contributed by atoms with Crippen molar-refractivity contribution in [1.82, 2.24) is 0 Å². The molecule has 3 nitrogen and oxygen atoms in total. The summed E-state index contributed by atoms with van der Waals surface area (Å²) in [5, 5.41) is 9.76. The Balaban J connectivity index is 2.30. The molecule has 0 radical (unpaired) electrons. The summed E-state index contributed by atoms with van der Waals surface area (Å²) >= 11 is 0. The quantitative estimate of drug-likeness (QED) is 0.717. The molecule has 0 aromatic carbocycles. The van der Waals surface area contributed by atoms with E-state index in [1.165, 1.54) is 0 Å². The van der Waals surface area contributed by atoms with Gasteiger partial charge in [-0.3, -0.25) is 0 Å². The third-order valence-corrected chi connectivity index (χ3v) is 6.64. The molecule has 0 amide bonds. The van der Waals surface area contributed by atoms with E-state index in [1.807, 2.05) is 13.8 Å². The van der Waals surface area contributed by atoms with Gasteiger partial charge < -0.3 is 5.11 Å². The second kappa shape index (κ2) is 2.95. The summed E-state index contributed by atoms with van der Waals surface area (Å²) in [6.07, 6.45) is 2.40. The van der Waals surface area contributed by atoms with Gasteiger partial charge in [0.1, 0.15) is 0 Å². The van der Waals surface area contributed by atoms with Crippen molar-refractivity contribution >= 4 is 9.84 Å². The standard InChI is InChI=1S/C10H18O3S/c1-7(2)10(11)5-8-3-4-9(6-10)14(8,12)13/h7-9,11H,3-6H2,1-2H3. The van der Waals surface area contributed by atoms with Gasteiger partial charge in [-0.15, -0.1) is 0 Å². The molecule has 2 unspecified atom stereocenters. The van der Waals surface area contributed by atoms with Gasteiger partial charge in [-0.2, -0.15) is 0 Å². The van der Waals surface area contributed by atoms with Crippen molar-refractivity contribution in [3.63, 3.8) is 0 Å². The van der Waals surface area contributed by atoms with Crippen LogP contribution < -0.4 is 0 Å². The average Bonchev–Trinajstić information content (AvgIpc) is 2.30. The Kier molecular flexibility index (Phi) is 2.20. The van der Waals surface area contributed by atoms with E-state index in [4.69, 9.17) is 0 Å². The molecule has 4 heteroatoms. The monoisotopic (exact) mass is 218 g/mol. The van der Waals surface area contributed by atoms with Crippen molar-refractivity contribution in [2.45, 2.75) is 55.6 Å². The Morgan fingerprint density at radius 2 is 1.64 bits per heavy atom. The number of hydrogen-bond donors (Lipinski definition) is 1. The van der Waals surface area contributed by atoms with Crippen LogP contribution >= 0.6 is 0 Å². The van der Waals surface area contributed by atoms with E-state index >= 15 is 0 Å². The van der Waals surface area contributed by atoms with Crippen LogP contribution in [0.5, 0.6) is 0 Å². The second-order valence-electron chi connectivity index (χ2n) is 5.08. The lowest BCUT2D eigenvalue weighted by Gasteiger charge is -2.39. The fourth-order valence-corrected chi connectivity index (χ4v) is 5.27. The lowest BCUT2D eigenvalue weighted by atomic mass is 9.83. The first-order valence-corrected chi connectivity index (χ1v) is 6.92. The van der Waals surface area contributed by atoms with E-state index in [2.05, 4.69) is 0 Å². The van der Waals surface area contributed by atoms with Gasteiger partial charge in [0.15, 0.2) is 9.84 Å². The molecule has 82 valence electrons. The number of hydrogen-bond acceptors (Lipinski definition) is 3. The summed E-state index contributed by atoms with van der Waals surface area (Å²) in [6, 6.07) is 0. The summed E-state index contributed by atoms with van der Waals surface area (Å²) in [4.78, 5) is 0. The van der Waals surface area contributed by atoms with E-state index in [0.29, 0.717) is 12.8 Å². The molecular formula is C10H18O3S. The summed E-state index contributed by atoms with van der Waals surface area (Å²) in [5.41, 5.74) is -0.739. The minimum atomic E-state index is -2.89. The predicted octanol–water partition coefficient (Wildman–Crippen LogP) is 1.11. The lowest BCUT2D eigenvalue weighted by molar-refractivity contribution is -0.0215. The third-order valence-electron chi connectivity index (χ3n) is 3.98. The molecular weight excluding hydrogens is 200 g/mol. The molecule has 0 spiro atoms. The van der Waals surface area contributed by atoms with E-state index in [9.17, 15) is 13.5 Å². The van der Waals surface area contributed by atoms with Crippen molar-refractivity contribution < 1.29 is 13.5 Å². The van der Waals surface area contributed by atoms with Crippen LogP contribution in [-0.4, -0.2) is 29.6 Å². The van der Waals surface area contributed by atoms with Gasteiger partial charge in [0.2, 0.25) is 0 Å². The van der Waals surface area contributed by atoms with Crippen LogP contribution in [-0.2, 0) is 9.84 Å². The Morgan fingerprint density at radius 1 is 1.21 bits per heavy atom. The van der Waals surface area contributed by atoms with Crippen LogP contribution in [0.3, 0.4) is 0 Å². The minimum absolute atomic E-state index is 0.154. The van der Waals surface area contributed by atoms with E-state index < -0.39 is 15.4 Å². The number of rotatable bonds is 1. The summed E-state index contributed by atoms with van der Waals surface area (Å²) < 4.78 is 23.5. The predicted molar refractivity (Wildman–Crippen MR) is 54.8 cm³/mol. The number of sulfone groups is 1. The van der Waals surface area contributed by atoms with Crippen molar-refractivity contribution in [3.8, 4) is 0 Å². The zero-order valence-corrected chi connectivity index (χ0v) is 9.55. The number of fused-ring (bicyclic) bond motifs is 2. The molecule has 2 fully saturated rings. The molecule has 2 atom stereocenters. The van der Waals surface area contributed by atoms with Gasteiger partial charge in [-0.1, -0.05) is 13.8 Å². The van der Waals surface area contributed by atoms with Crippen LogP contribution in [0.4, 0.5) is 0 Å². The molecule has 1 N–H and O–H groups in total. The van der Waals surface area contributed by atoms with Gasteiger partial charge in [-0.25, -0.2) is 8.42 Å². The van der Waals surface area contributed by atoms with Crippen molar-refractivity contribution in [3.05, 3.63) is 0 Å². The fraction of sp³-hybridized carbons (Fsp3) is 1.00. The highest BCUT2D eigenvalue weighted by atomic mass is 32.2. The third kappa shape index (κ3) is 1.31. The molecule has 2 saturated heterocycles. The van der Waals surface area contributed by atoms with Gasteiger partial charge in [-0.05, 0) is 31.6 Å². The SMILES string of the molecule is CC(C)C1(O)CC2CCC(C1)S2(=O)=O. The van der Waals surface area contributed by atoms with E-state index in [-0.39, 0.29) is 16.4 Å². The zero-order chi connectivity index (χ0) is 10.6. The number of aliphatic hydroxyl groups is 1. The summed E-state index contributed by atoms with van der Waals surface area (Å²) in [6.45, 7) is 3.94. The average molecular weight is 218 g/mol. The minimum Gasteiger partial charge on any atom is -0.390 e. The van der Waals surface area contributed by atoms with E-state index in [0.717, 1.165) is 12.8 Å². The first-order chi connectivity index (χ1) is 6.36. The van der Waals surface area contributed by atoms with Crippen molar-refractivity contribution in [1.29, 1.82) is 0 Å². The Bertz CT molecular complexity index is 311. The van der Waals surface area contributed by atoms with Crippen LogP contribution in [0.1, 0.15) is 39.5 Å². The van der Waals surface area contributed by atoms with Gasteiger partial charge in [0.05, 0.1) is 16.1 Å². The van der Waals surface area contributed by atoms with Crippen LogP contribution in [0, 0.1) is 5.92 Å². The van der Waals surface area contributed by atoms with Gasteiger partial charge in [0, 0.05) is 0 Å². The highest BCUT2D eigenvalue weighted by Crippen LogP contribution is 2.45. The van der Waals surface area contributed by atoms with Crippen LogP contribution in [0.25, 0.3) is 0 Å². The topological polar surface area (TPSA) is 54.4 Å². The Morgan fingerprint density at radius 3 is 2.00 bits per heavy atom. The normalized spacial score (nSPS) is 45.7. The second-order valence-corrected chi connectivity index (χ2v) is 7.59. The summed E-state index contributed by atoms with van der Waals surface area (Å²) in [7, 11) is -2.89. The zero-order valence-electron chi connectivity index (χ0n) is 8.73. The lowest BCUT2D eigenvalue weighted by Crippen LogP contribution is -2.48. The van der Waals surface area contributed by atoms with E-state index in [1.54, 1.807) is 0 Å². The van der Waals surface area contributed by atoms with Crippen LogP contribution in [0.2, 0.25) is 0 Å². The first-order valence-electron chi connectivity index (χ1n) is 5.31. The molecule has 0 aromatic rings. The Hall–Kier alpha value is -0.0900. The molecule has 2 rings (SSSR count). The first kappa shape index (κ1) is 10.4. The molecule has 2 aliphatic rings. The maximum Gasteiger partial charge on any atom is 0.156 e. The molecule has 0 aliphatic carbocycles. The molecule has 14 heavy (non-hydrogen) atoms. The van der Waals surface area contributed by atoms with Crippen molar-refractivity contribution in [2.24, 2.45) is 5.92 Å². The highest BCUT2D eigenvalue weighted by molar-refractivity contribution is 7.93. The Labute approximate surface area is 85.4 Å². The maximum atomic E-state index is 11.8. The molecule has 2 bridgehead atoms. The van der Waals surface area contributed by atoms with Crippen molar-refractivity contribution in [2.75, 3.05) is 0 Å². The summed E-state index contributed by atoms with van der Waals surface area (Å²) in [5.74, 6) is 0.154. The maximum absolute atomic E-state index is 11.8. The van der Waals surface area contributed by atoms with Gasteiger partial charge >= 0.3 is 0 Å². The highest BCUT2D eigenvalue weighted by Gasteiger charge is 2.53. The van der Waals surface area contributed by atoms with Crippen LogP contribution in [0.15, 0.2) is 0 Å². The van der Waals surface area contributed by atoms with Gasteiger partial charge in [0.25, 0.3) is 0 Å². The smallest absolute Gasteiger partial charge is 0.156 e. The molecule has 0 saturated carbocycles.